The molecule has 0 spiro atoms. The number of nitrogens with one attached hydrogen (secondary N) is 1. The van der Waals surface area contributed by atoms with E-state index >= 15 is 0 Å². The number of morpholine rings is 2. The summed E-state index contributed by atoms with van der Waals surface area (Å²) in [5.74, 6) is 0. The molecule has 30 heavy (non-hydrogen) atoms. The lowest BCUT2D eigenvalue weighted by molar-refractivity contribution is -0.111. The summed E-state index contributed by atoms with van der Waals surface area (Å²) in [7, 11) is -3.57. The molecule has 160 valence electrons. The number of carbonyl (C=O) groups is 1. The summed E-state index contributed by atoms with van der Waals surface area (Å²) in [5.41, 5.74) is 2.19. The number of amides is 2. The molecule has 2 bridgehead atoms. The van der Waals surface area contributed by atoms with Crippen LogP contribution in [-0.4, -0.2) is 68.6 Å². The van der Waals surface area contributed by atoms with E-state index < -0.39 is 10.0 Å². The van der Waals surface area contributed by atoms with Crippen LogP contribution in [0.3, 0.4) is 0 Å². The number of rotatable bonds is 5. The van der Waals surface area contributed by atoms with Gasteiger partial charge in [-0.2, -0.15) is 4.31 Å². The van der Waals surface area contributed by atoms with E-state index in [1.807, 2.05) is 37.3 Å². The van der Waals surface area contributed by atoms with Crippen molar-refractivity contribution in [2.24, 2.45) is 0 Å². The fourth-order valence-electron chi connectivity index (χ4n) is 3.95. The van der Waals surface area contributed by atoms with Gasteiger partial charge in [-0.3, -0.25) is 0 Å². The minimum absolute atomic E-state index is 0.126. The Morgan fingerprint density at radius 1 is 1.00 bits per heavy atom. The van der Waals surface area contributed by atoms with Gasteiger partial charge in [0.25, 0.3) is 0 Å². The molecular formula is C22H27N3O4S. The molecule has 2 heterocycles. The van der Waals surface area contributed by atoms with E-state index in [4.69, 9.17) is 4.74 Å². The lowest BCUT2D eigenvalue weighted by Gasteiger charge is -2.45. The van der Waals surface area contributed by atoms with Crippen LogP contribution in [0.2, 0.25) is 0 Å². The highest BCUT2D eigenvalue weighted by Crippen LogP contribution is 2.25. The molecule has 2 fully saturated rings. The van der Waals surface area contributed by atoms with Crippen LogP contribution in [-0.2, 0) is 21.2 Å². The highest BCUT2D eigenvalue weighted by molar-refractivity contribution is 7.89. The van der Waals surface area contributed by atoms with Crippen molar-refractivity contribution in [1.29, 1.82) is 0 Å². The van der Waals surface area contributed by atoms with E-state index in [0.717, 1.165) is 12.0 Å². The van der Waals surface area contributed by atoms with Gasteiger partial charge in [0.05, 0.1) is 30.2 Å². The van der Waals surface area contributed by atoms with Gasteiger partial charge in [-0.1, -0.05) is 48.0 Å². The second-order valence-electron chi connectivity index (χ2n) is 7.89. The molecule has 4 rings (SSSR count). The number of ether oxygens (including phenoxy) is 1. The molecule has 2 atom stereocenters. The SMILES string of the molecule is Cc1ccc(S(=O)(=O)N2C[C@H]3CN(C(=O)NCCc4ccccc4)C[C@@H](C2)O3)cc1. The van der Waals surface area contributed by atoms with Crippen molar-refractivity contribution in [3.05, 3.63) is 65.7 Å². The van der Waals surface area contributed by atoms with Gasteiger partial charge in [-0.25, -0.2) is 13.2 Å². The van der Waals surface area contributed by atoms with Gasteiger partial charge < -0.3 is 15.0 Å². The first-order chi connectivity index (χ1) is 14.4. The Hall–Kier alpha value is -2.42. The Balaban J connectivity index is 1.33. The third kappa shape index (κ3) is 4.66. The monoisotopic (exact) mass is 429 g/mol. The zero-order chi connectivity index (χ0) is 21.1. The van der Waals surface area contributed by atoms with Crippen LogP contribution in [0, 0.1) is 6.92 Å². The Morgan fingerprint density at radius 2 is 1.63 bits per heavy atom. The van der Waals surface area contributed by atoms with E-state index in [1.54, 1.807) is 29.2 Å². The van der Waals surface area contributed by atoms with Crippen molar-refractivity contribution in [1.82, 2.24) is 14.5 Å². The van der Waals surface area contributed by atoms with E-state index in [0.29, 0.717) is 24.5 Å². The van der Waals surface area contributed by atoms with Crippen LogP contribution < -0.4 is 5.32 Å². The second kappa shape index (κ2) is 8.75. The van der Waals surface area contributed by atoms with Crippen LogP contribution in [0.5, 0.6) is 0 Å². The molecule has 2 aromatic rings. The summed E-state index contributed by atoms with van der Waals surface area (Å²) in [6, 6.07) is 16.8. The number of fused-ring (bicyclic) bond motifs is 2. The van der Waals surface area contributed by atoms with Crippen molar-refractivity contribution < 1.29 is 17.9 Å². The summed E-state index contributed by atoms with van der Waals surface area (Å²) < 4.78 is 33.4. The lowest BCUT2D eigenvalue weighted by atomic mass is 10.1. The average molecular weight is 430 g/mol. The van der Waals surface area contributed by atoms with Crippen molar-refractivity contribution in [2.75, 3.05) is 32.7 Å². The molecule has 2 aliphatic rings. The fraction of sp³-hybridized carbons (Fsp3) is 0.409. The van der Waals surface area contributed by atoms with Gasteiger partial charge in [0.2, 0.25) is 10.0 Å². The minimum atomic E-state index is -3.57. The molecule has 2 aromatic carbocycles. The first-order valence-corrected chi connectivity index (χ1v) is 11.6. The highest BCUT2D eigenvalue weighted by Gasteiger charge is 2.41. The number of sulfonamides is 1. The molecule has 0 aliphatic carbocycles. The van der Waals surface area contributed by atoms with Crippen molar-refractivity contribution in [3.8, 4) is 0 Å². The third-order valence-corrected chi connectivity index (χ3v) is 7.37. The number of nitrogens with zero attached hydrogens (tertiary/aromatic N) is 2. The Morgan fingerprint density at radius 3 is 2.27 bits per heavy atom. The number of aryl methyl sites for hydroxylation is 1. The largest absolute Gasteiger partial charge is 0.369 e. The molecule has 0 unspecified atom stereocenters. The summed E-state index contributed by atoms with van der Waals surface area (Å²) >= 11 is 0. The summed E-state index contributed by atoms with van der Waals surface area (Å²) in [6.45, 7) is 3.75. The van der Waals surface area contributed by atoms with Crippen LogP contribution in [0.1, 0.15) is 11.1 Å². The van der Waals surface area contributed by atoms with E-state index in [2.05, 4.69) is 5.32 Å². The molecule has 7 nitrogen and oxygen atoms in total. The number of hydrogen-bond acceptors (Lipinski definition) is 4. The molecule has 0 aromatic heterocycles. The molecule has 2 saturated heterocycles. The standard InChI is InChI=1S/C22H27N3O4S/c1-17-7-9-21(10-8-17)30(27,28)25-15-19-13-24(14-20(16-25)29-19)22(26)23-12-11-18-5-3-2-4-6-18/h2-10,19-20H,11-16H2,1H3,(H,23,26)/t19-,20+. The van der Waals surface area contributed by atoms with Crippen LogP contribution >= 0.6 is 0 Å². The lowest BCUT2D eigenvalue weighted by Crippen LogP contribution is -2.62. The van der Waals surface area contributed by atoms with Gasteiger partial charge >= 0.3 is 6.03 Å². The number of benzene rings is 2. The van der Waals surface area contributed by atoms with E-state index in [1.165, 1.54) is 9.87 Å². The maximum absolute atomic E-state index is 13.0. The molecular weight excluding hydrogens is 402 g/mol. The van der Waals surface area contributed by atoms with Gasteiger partial charge in [0.1, 0.15) is 0 Å². The third-order valence-electron chi connectivity index (χ3n) is 5.53. The fourth-order valence-corrected chi connectivity index (χ4v) is 5.45. The number of carbonyl (C=O) groups excluding carboxylic acids is 1. The van der Waals surface area contributed by atoms with Gasteiger partial charge in [0, 0.05) is 19.6 Å². The van der Waals surface area contributed by atoms with Crippen molar-refractivity contribution in [2.45, 2.75) is 30.4 Å². The number of urea groups is 1. The smallest absolute Gasteiger partial charge is 0.317 e. The predicted octanol–water partition coefficient (Wildman–Crippen LogP) is 2.02. The quantitative estimate of drug-likeness (QED) is 0.789. The van der Waals surface area contributed by atoms with E-state index in [-0.39, 0.29) is 31.3 Å². The first-order valence-electron chi connectivity index (χ1n) is 10.2. The van der Waals surface area contributed by atoms with E-state index in [9.17, 15) is 13.2 Å². The predicted molar refractivity (Wildman–Crippen MR) is 114 cm³/mol. The van der Waals surface area contributed by atoms with Crippen molar-refractivity contribution >= 4 is 16.1 Å². The molecule has 2 aliphatic heterocycles. The van der Waals surface area contributed by atoms with Crippen molar-refractivity contribution in [3.63, 3.8) is 0 Å². The zero-order valence-corrected chi connectivity index (χ0v) is 17.8. The molecule has 8 heteroatoms. The number of hydrogen-bond donors (Lipinski definition) is 1. The van der Waals surface area contributed by atoms with Gasteiger partial charge in [-0.05, 0) is 31.0 Å². The summed E-state index contributed by atoms with van der Waals surface area (Å²) in [5, 5.41) is 2.96. The molecule has 0 saturated carbocycles. The summed E-state index contributed by atoms with van der Waals surface area (Å²) in [4.78, 5) is 14.6. The maximum atomic E-state index is 13.0. The Kier molecular flexibility index (Phi) is 6.08. The van der Waals surface area contributed by atoms with Crippen LogP contribution in [0.15, 0.2) is 59.5 Å². The molecule has 0 radical (unpaired) electrons. The topological polar surface area (TPSA) is 79.0 Å². The summed E-state index contributed by atoms with van der Waals surface area (Å²) in [6.07, 6.45) is 0.127. The maximum Gasteiger partial charge on any atom is 0.317 e. The highest BCUT2D eigenvalue weighted by atomic mass is 32.2. The average Bonchev–Trinajstić information content (AvgIpc) is 2.74. The zero-order valence-electron chi connectivity index (χ0n) is 17.0. The van der Waals surface area contributed by atoms with Crippen LogP contribution in [0.4, 0.5) is 4.79 Å². The normalized spacial score (nSPS) is 22.0. The minimum Gasteiger partial charge on any atom is -0.369 e. The molecule has 2 amide bonds. The van der Waals surface area contributed by atoms with Crippen LogP contribution in [0.25, 0.3) is 0 Å². The second-order valence-corrected chi connectivity index (χ2v) is 9.83. The Bertz CT molecular complexity index is 965. The van der Waals surface area contributed by atoms with Gasteiger partial charge in [-0.15, -0.1) is 0 Å². The molecule has 1 N–H and O–H groups in total. The van der Waals surface area contributed by atoms with Gasteiger partial charge in [0.15, 0.2) is 0 Å². The first kappa shape index (κ1) is 20.8. The Labute approximate surface area is 177 Å².